The lowest BCUT2D eigenvalue weighted by Crippen LogP contribution is -2.12. The number of hydrogen-bond donors (Lipinski definition) is 1. The third-order valence-corrected chi connectivity index (χ3v) is 3.31. The van der Waals surface area contributed by atoms with Gasteiger partial charge in [-0.1, -0.05) is 41.7 Å². The van der Waals surface area contributed by atoms with Crippen molar-refractivity contribution in [2.75, 3.05) is 6.54 Å². The quantitative estimate of drug-likeness (QED) is 0.842. The summed E-state index contributed by atoms with van der Waals surface area (Å²) < 4.78 is 5.65. The monoisotopic (exact) mass is 330 g/mol. The minimum Gasteiger partial charge on any atom is -0.439 e. The Labute approximate surface area is 132 Å². The third kappa shape index (κ3) is 4.25. The predicted octanol–water partition coefficient (Wildman–Crippen LogP) is 4.94. The molecule has 0 amide bonds. The zero-order valence-electron chi connectivity index (χ0n) is 10.8. The molecule has 20 heavy (non-hydrogen) atoms. The summed E-state index contributed by atoms with van der Waals surface area (Å²) in [5, 5.41) is 4.82. The number of benzene rings is 1. The molecule has 3 nitrogen and oxygen atoms in total. The second-order valence-corrected chi connectivity index (χ2v) is 5.38. The summed E-state index contributed by atoms with van der Waals surface area (Å²) in [5.74, 6) is 0.979. The molecule has 2 rings (SSSR count). The smallest absolute Gasteiger partial charge is 0.219 e. The highest BCUT2D eigenvalue weighted by atomic mass is 35.5. The van der Waals surface area contributed by atoms with E-state index in [1.165, 1.54) is 0 Å². The number of rotatable bonds is 5. The lowest BCUT2D eigenvalue weighted by Gasteiger charge is -2.09. The molecule has 0 spiro atoms. The van der Waals surface area contributed by atoms with Gasteiger partial charge in [-0.15, -0.1) is 0 Å². The van der Waals surface area contributed by atoms with Gasteiger partial charge in [0.1, 0.15) is 5.75 Å². The summed E-state index contributed by atoms with van der Waals surface area (Å²) in [5.41, 5.74) is 0.923. The molecule has 0 radical (unpaired) electrons. The molecule has 0 aliphatic rings. The highest BCUT2D eigenvalue weighted by Crippen LogP contribution is 2.28. The number of nitrogens with one attached hydrogen (secondary N) is 1. The van der Waals surface area contributed by atoms with Crippen LogP contribution in [-0.4, -0.2) is 11.5 Å². The first-order valence-corrected chi connectivity index (χ1v) is 7.21. The Balaban J connectivity index is 2.20. The fourth-order valence-corrected chi connectivity index (χ4v) is 2.29. The van der Waals surface area contributed by atoms with E-state index in [2.05, 4.69) is 10.3 Å². The molecule has 1 aromatic heterocycles. The van der Waals surface area contributed by atoms with Crippen LogP contribution in [0.3, 0.4) is 0 Å². The van der Waals surface area contributed by atoms with E-state index in [4.69, 9.17) is 39.5 Å². The minimum atomic E-state index is 0.445. The van der Waals surface area contributed by atoms with E-state index in [-0.39, 0.29) is 0 Å². The summed E-state index contributed by atoms with van der Waals surface area (Å²) in [6, 6.07) is 6.78. The zero-order valence-corrected chi connectivity index (χ0v) is 13.1. The van der Waals surface area contributed by atoms with Gasteiger partial charge in [0.25, 0.3) is 0 Å². The molecule has 6 heteroatoms. The van der Waals surface area contributed by atoms with Gasteiger partial charge in [-0.3, -0.25) is 0 Å². The Morgan fingerprint density at radius 2 is 1.80 bits per heavy atom. The van der Waals surface area contributed by atoms with E-state index in [0.29, 0.717) is 33.2 Å². The predicted molar refractivity (Wildman–Crippen MR) is 83.2 cm³/mol. The Morgan fingerprint density at radius 1 is 1.10 bits per heavy atom. The molecule has 0 atom stereocenters. The van der Waals surface area contributed by atoms with E-state index in [1.54, 1.807) is 30.5 Å². The van der Waals surface area contributed by atoms with Gasteiger partial charge >= 0.3 is 0 Å². The number of halogens is 3. The first kappa shape index (κ1) is 15.4. The van der Waals surface area contributed by atoms with Crippen LogP contribution in [0.25, 0.3) is 0 Å². The number of pyridine rings is 1. The number of nitrogens with zero attached hydrogens (tertiary/aromatic N) is 1. The number of aromatic nitrogens is 1. The van der Waals surface area contributed by atoms with Crippen molar-refractivity contribution in [3.05, 3.63) is 51.1 Å². The van der Waals surface area contributed by atoms with E-state index in [9.17, 15) is 0 Å². The van der Waals surface area contributed by atoms with Gasteiger partial charge in [0.15, 0.2) is 0 Å². The first-order valence-electron chi connectivity index (χ1n) is 6.07. The molecule has 1 N–H and O–H groups in total. The average Bonchev–Trinajstić information content (AvgIpc) is 2.38. The maximum absolute atomic E-state index is 6.09. The standard InChI is InChI=1S/C14H13Cl3N2O/c1-2-18-7-9-3-14(19-8-13(9)17)20-12-5-10(15)4-11(16)6-12/h3-6,8,18H,2,7H2,1H3. The molecular weight excluding hydrogens is 319 g/mol. The van der Waals surface area contributed by atoms with Crippen molar-refractivity contribution in [1.82, 2.24) is 10.3 Å². The van der Waals surface area contributed by atoms with Crippen molar-refractivity contribution >= 4 is 34.8 Å². The van der Waals surface area contributed by atoms with Crippen LogP contribution in [-0.2, 0) is 6.54 Å². The molecule has 1 heterocycles. The maximum Gasteiger partial charge on any atom is 0.219 e. The molecule has 0 aliphatic heterocycles. The normalized spacial score (nSPS) is 10.6. The third-order valence-electron chi connectivity index (χ3n) is 2.53. The van der Waals surface area contributed by atoms with Gasteiger partial charge < -0.3 is 10.1 Å². The molecule has 106 valence electrons. The first-order chi connectivity index (χ1) is 9.58. The fraction of sp³-hybridized carbons (Fsp3) is 0.214. The molecule has 0 aliphatic carbocycles. The molecule has 0 unspecified atom stereocenters. The molecule has 0 fully saturated rings. The highest BCUT2D eigenvalue weighted by Gasteiger charge is 2.06. The van der Waals surface area contributed by atoms with Crippen LogP contribution < -0.4 is 10.1 Å². The van der Waals surface area contributed by atoms with Crippen molar-refractivity contribution in [3.8, 4) is 11.6 Å². The number of ether oxygens (including phenoxy) is 1. The van der Waals surface area contributed by atoms with Gasteiger partial charge in [0.2, 0.25) is 5.88 Å². The largest absolute Gasteiger partial charge is 0.439 e. The van der Waals surface area contributed by atoms with Gasteiger partial charge in [-0.05, 0) is 30.3 Å². The van der Waals surface area contributed by atoms with E-state index in [0.717, 1.165) is 12.1 Å². The second kappa shape index (κ2) is 7.14. The molecule has 2 aromatic rings. The molecule has 0 bridgehead atoms. The van der Waals surface area contributed by atoms with Crippen LogP contribution in [0.2, 0.25) is 15.1 Å². The Kier molecular flexibility index (Phi) is 5.49. The maximum atomic E-state index is 6.09. The molecule has 0 saturated carbocycles. The second-order valence-electron chi connectivity index (χ2n) is 4.10. The average molecular weight is 332 g/mol. The van der Waals surface area contributed by atoms with E-state index in [1.807, 2.05) is 6.92 Å². The van der Waals surface area contributed by atoms with Crippen LogP contribution in [0, 0.1) is 0 Å². The summed E-state index contributed by atoms with van der Waals surface area (Å²) >= 11 is 17.9. The molecule has 0 saturated heterocycles. The van der Waals surface area contributed by atoms with Gasteiger partial charge in [-0.25, -0.2) is 4.98 Å². The van der Waals surface area contributed by atoms with Crippen molar-refractivity contribution in [1.29, 1.82) is 0 Å². The van der Waals surface area contributed by atoms with Gasteiger partial charge in [0.05, 0.1) is 5.02 Å². The molecule has 1 aromatic carbocycles. The summed E-state index contributed by atoms with van der Waals surface area (Å²) in [4.78, 5) is 4.13. The van der Waals surface area contributed by atoms with Crippen LogP contribution in [0.4, 0.5) is 0 Å². The lowest BCUT2D eigenvalue weighted by atomic mass is 10.2. The summed E-state index contributed by atoms with van der Waals surface area (Å²) in [6.45, 7) is 3.55. The zero-order chi connectivity index (χ0) is 14.5. The summed E-state index contributed by atoms with van der Waals surface area (Å²) in [6.07, 6.45) is 1.57. The van der Waals surface area contributed by atoms with E-state index >= 15 is 0 Å². The van der Waals surface area contributed by atoms with Crippen molar-refractivity contribution in [2.45, 2.75) is 13.5 Å². The van der Waals surface area contributed by atoms with Crippen molar-refractivity contribution in [3.63, 3.8) is 0 Å². The topological polar surface area (TPSA) is 34.1 Å². The van der Waals surface area contributed by atoms with Crippen LogP contribution in [0.5, 0.6) is 11.6 Å². The van der Waals surface area contributed by atoms with Gasteiger partial charge in [-0.2, -0.15) is 0 Å². The van der Waals surface area contributed by atoms with Gasteiger partial charge in [0, 0.05) is 28.9 Å². The van der Waals surface area contributed by atoms with E-state index < -0.39 is 0 Å². The van der Waals surface area contributed by atoms with Crippen molar-refractivity contribution in [2.24, 2.45) is 0 Å². The summed E-state index contributed by atoms with van der Waals surface area (Å²) in [7, 11) is 0. The van der Waals surface area contributed by atoms with Crippen LogP contribution in [0.15, 0.2) is 30.5 Å². The fourth-order valence-electron chi connectivity index (χ4n) is 1.62. The Bertz CT molecular complexity index is 585. The SMILES string of the molecule is CCNCc1cc(Oc2cc(Cl)cc(Cl)c2)ncc1Cl. The molecular formula is C14H13Cl3N2O. The van der Waals surface area contributed by atoms with Crippen molar-refractivity contribution < 1.29 is 4.74 Å². The Hall–Kier alpha value is -1.00. The van der Waals surface area contributed by atoms with Crippen LogP contribution >= 0.6 is 34.8 Å². The lowest BCUT2D eigenvalue weighted by molar-refractivity contribution is 0.462. The highest BCUT2D eigenvalue weighted by molar-refractivity contribution is 6.34. The van der Waals surface area contributed by atoms with Crippen LogP contribution in [0.1, 0.15) is 12.5 Å². The minimum absolute atomic E-state index is 0.445. The Morgan fingerprint density at radius 3 is 2.45 bits per heavy atom. The number of hydrogen-bond acceptors (Lipinski definition) is 3.